The van der Waals surface area contributed by atoms with Crippen LogP contribution in [-0.4, -0.2) is 30.6 Å². The van der Waals surface area contributed by atoms with Gasteiger partial charge in [-0.05, 0) is 31.0 Å². The number of nitrogens with zero attached hydrogens (tertiary/aromatic N) is 2. The first kappa shape index (κ1) is 19.3. The quantitative estimate of drug-likeness (QED) is 0.656. The molecule has 0 saturated heterocycles. The van der Waals surface area contributed by atoms with Crippen molar-refractivity contribution in [1.82, 2.24) is 15.6 Å². The first-order valence-electron chi connectivity index (χ1n) is 8.22. The summed E-state index contributed by atoms with van der Waals surface area (Å²) in [5.41, 5.74) is 1.07. The van der Waals surface area contributed by atoms with Gasteiger partial charge in [0.15, 0.2) is 17.5 Å². The Balaban J connectivity index is 0.00000225. The zero-order valence-electron chi connectivity index (χ0n) is 14.2. The molecule has 0 aliphatic carbocycles. The third-order valence-electron chi connectivity index (χ3n) is 3.52. The maximum Gasteiger partial charge on any atom is 0.219 e. The number of rotatable bonds is 6. The van der Waals surface area contributed by atoms with Gasteiger partial charge in [-0.1, -0.05) is 18.2 Å². The van der Waals surface area contributed by atoms with Crippen LogP contribution in [0, 0.1) is 0 Å². The lowest BCUT2D eigenvalue weighted by Gasteiger charge is -2.16. The van der Waals surface area contributed by atoms with Crippen LogP contribution in [-0.2, 0) is 6.54 Å². The van der Waals surface area contributed by atoms with E-state index < -0.39 is 0 Å². The van der Waals surface area contributed by atoms with E-state index in [-0.39, 0.29) is 24.0 Å². The maximum atomic E-state index is 5.82. The molecule has 0 spiro atoms. The lowest BCUT2D eigenvalue weighted by atomic mass is 10.3. The summed E-state index contributed by atoms with van der Waals surface area (Å²) in [6.45, 7) is 5.06. The molecule has 3 rings (SSSR count). The fourth-order valence-electron chi connectivity index (χ4n) is 2.33. The highest BCUT2D eigenvalue weighted by molar-refractivity contribution is 14.0. The Morgan fingerprint density at radius 3 is 2.68 bits per heavy atom. The van der Waals surface area contributed by atoms with Crippen LogP contribution in [0.4, 0.5) is 0 Å². The molecule has 0 unspecified atom stereocenters. The van der Waals surface area contributed by atoms with Crippen molar-refractivity contribution >= 4 is 29.9 Å². The highest BCUT2D eigenvalue weighted by Crippen LogP contribution is 2.30. The number of para-hydroxylation sites is 2. The summed E-state index contributed by atoms with van der Waals surface area (Å²) in [4.78, 5) is 8.74. The molecular weight excluding hydrogens is 431 g/mol. The number of pyridine rings is 1. The minimum atomic E-state index is 0. The Kier molecular flexibility index (Phi) is 7.77. The van der Waals surface area contributed by atoms with Gasteiger partial charge in [0, 0.05) is 31.9 Å². The van der Waals surface area contributed by atoms with Crippen LogP contribution >= 0.6 is 24.0 Å². The molecule has 6 nitrogen and oxygen atoms in total. The Labute approximate surface area is 165 Å². The van der Waals surface area contributed by atoms with Crippen LogP contribution in [0.1, 0.15) is 18.9 Å². The molecule has 1 aromatic carbocycles. The second-order valence-corrected chi connectivity index (χ2v) is 5.35. The molecule has 0 radical (unpaired) electrons. The van der Waals surface area contributed by atoms with Crippen molar-refractivity contribution in [1.29, 1.82) is 0 Å². The van der Waals surface area contributed by atoms with Crippen molar-refractivity contribution in [2.75, 3.05) is 19.7 Å². The van der Waals surface area contributed by atoms with E-state index in [2.05, 4.69) is 20.6 Å². The predicted octanol–water partition coefficient (Wildman–Crippen LogP) is 3.33. The SMILES string of the molecule is CCOc1ccccc1Oc1ccc(CNC2=NCCCN2)cn1.I. The maximum absolute atomic E-state index is 5.82. The molecule has 0 fully saturated rings. The number of aliphatic imine (C=N–C) groups is 1. The Morgan fingerprint density at radius 2 is 2.00 bits per heavy atom. The summed E-state index contributed by atoms with van der Waals surface area (Å²) >= 11 is 0. The second-order valence-electron chi connectivity index (χ2n) is 5.35. The molecule has 7 heteroatoms. The minimum absolute atomic E-state index is 0. The summed E-state index contributed by atoms with van der Waals surface area (Å²) in [7, 11) is 0. The van der Waals surface area contributed by atoms with E-state index in [0.29, 0.717) is 30.5 Å². The van der Waals surface area contributed by atoms with Gasteiger partial charge in [-0.25, -0.2) is 4.98 Å². The minimum Gasteiger partial charge on any atom is -0.490 e. The molecule has 134 valence electrons. The molecule has 0 saturated carbocycles. The van der Waals surface area contributed by atoms with Crippen LogP contribution in [0.2, 0.25) is 0 Å². The molecule has 0 amide bonds. The smallest absolute Gasteiger partial charge is 0.219 e. The van der Waals surface area contributed by atoms with Gasteiger partial charge in [0.25, 0.3) is 0 Å². The number of guanidine groups is 1. The number of ether oxygens (including phenoxy) is 2. The summed E-state index contributed by atoms with van der Waals surface area (Å²) in [5.74, 6) is 2.78. The van der Waals surface area contributed by atoms with Crippen molar-refractivity contribution < 1.29 is 9.47 Å². The van der Waals surface area contributed by atoms with Gasteiger partial charge in [-0.2, -0.15) is 0 Å². The van der Waals surface area contributed by atoms with Crippen LogP contribution in [0.15, 0.2) is 47.6 Å². The van der Waals surface area contributed by atoms with Crippen molar-refractivity contribution in [2.24, 2.45) is 4.99 Å². The Bertz CT molecular complexity index is 692. The Hall–Kier alpha value is -2.03. The molecule has 0 bridgehead atoms. The van der Waals surface area contributed by atoms with E-state index in [1.807, 2.05) is 43.3 Å². The van der Waals surface area contributed by atoms with Crippen LogP contribution in [0.5, 0.6) is 17.4 Å². The van der Waals surface area contributed by atoms with E-state index in [4.69, 9.17) is 9.47 Å². The average molecular weight is 454 g/mol. The first-order valence-corrected chi connectivity index (χ1v) is 8.22. The molecule has 0 atom stereocenters. The fourth-order valence-corrected chi connectivity index (χ4v) is 2.33. The monoisotopic (exact) mass is 454 g/mol. The molecule has 1 aromatic heterocycles. The van der Waals surface area contributed by atoms with Gasteiger partial charge in [-0.3, -0.25) is 4.99 Å². The number of halogens is 1. The highest BCUT2D eigenvalue weighted by Gasteiger charge is 2.07. The molecule has 2 heterocycles. The lowest BCUT2D eigenvalue weighted by molar-refractivity contribution is 0.319. The van der Waals surface area contributed by atoms with Crippen LogP contribution in [0.3, 0.4) is 0 Å². The van der Waals surface area contributed by atoms with Crippen LogP contribution < -0.4 is 20.1 Å². The molecule has 1 aliphatic heterocycles. The fraction of sp³-hybridized carbons (Fsp3) is 0.333. The summed E-state index contributed by atoms with van der Waals surface area (Å²) in [5, 5.41) is 6.50. The number of hydrogen-bond acceptors (Lipinski definition) is 6. The number of nitrogens with one attached hydrogen (secondary N) is 2. The normalized spacial score (nSPS) is 13.1. The summed E-state index contributed by atoms with van der Waals surface area (Å²) in [6, 6.07) is 11.4. The van der Waals surface area contributed by atoms with Crippen LogP contribution in [0.25, 0.3) is 0 Å². The predicted molar refractivity (Wildman–Crippen MR) is 109 cm³/mol. The summed E-state index contributed by atoms with van der Waals surface area (Å²) in [6.07, 6.45) is 2.89. The molecular formula is C18H23IN4O2. The lowest BCUT2D eigenvalue weighted by Crippen LogP contribution is -2.40. The Morgan fingerprint density at radius 1 is 1.16 bits per heavy atom. The van der Waals surface area contributed by atoms with Crippen molar-refractivity contribution in [3.05, 3.63) is 48.2 Å². The van der Waals surface area contributed by atoms with E-state index in [1.165, 1.54) is 0 Å². The molecule has 2 N–H and O–H groups in total. The number of hydrogen-bond donors (Lipinski definition) is 2. The van der Waals surface area contributed by atoms with Gasteiger partial charge in [-0.15, -0.1) is 24.0 Å². The third-order valence-corrected chi connectivity index (χ3v) is 3.52. The molecule has 2 aromatic rings. The second kappa shape index (κ2) is 10.1. The molecule has 1 aliphatic rings. The van der Waals surface area contributed by atoms with E-state index in [9.17, 15) is 0 Å². The largest absolute Gasteiger partial charge is 0.490 e. The zero-order chi connectivity index (χ0) is 16.6. The zero-order valence-corrected chi connectivity index (χ0v) is 16.5. The van der Waals surface area contributed by atoms with Gasteiger partial charge < -0.3 is 20.1 Å². The third kappa shape index (κ3) is 5.77. The van der Waals surface area contributed by atoms with E-state index >= 15 is 0 Å². The van der Waals surface area contributed by atoms with Crippen molar-refractivity contribution in [3.8, 4) is 17.4 Å². The van der Waals surface area contributed by atoms with Gasteiger partial charge in [0.05, 0.1) is 6.61 Å². The van der Waals surface area contributed by atoms with E-state index in [1.54, 1.807) is 6.20 Å². The topological polar surface area (TPSA) is 67.8 Å². The highest BCUT2D eigenvalue weighted by atomic mass is 127. The number of benzene rings is 1. The molecule has 25 heavy (non-hydrogen) atoms. The first-order chi connectivity index (χ1) is 11.8. The van der Waals surface area contributed by atoms with Gasteiger partial charge in [0.1, 0.15) is 0 Å². The van der Waals surface area contributed by atoms with E-state index in [0.717, 1.165) is 31.0 Å². The van der Waals surface area contributed by atoms with Gasteiger partial charge in [0.2, 0.25) is 5.88 Å². The van der Waals surface area contributed by atoms with Gasteiger partial charge >= 0.3 is 0 Å². The van der Waals surface area contributed by atoms with Crippen molar-refractivity contribution in [2.45, 2.75) is 19.9 Å². The van der Waals surface area contributed by atoms with Crippen molar-refractivity contribution in [3.63, 3.8) is 0 Å². The summed E-state index contributed by atoms with van der Waals surface area (Å²) < 4.78 is 11.4. The average Bonchev–Trinajstić information content (AvgIpc) is 2.64. The number of aromatic nitrogens is 1. The standard InChI is InChI=1S/C18H22N4O2.HI/c1-2-23-15-6-3-4-7-16(15)24-17-9-8-14(12-21-17)13-22-18-19-10-5-11-20-18;/h3-4,6-9,12H,2,5,10-11,13H2,1H3,(H2,19,20,22);1H.